The fourth-order valence-corrected chi connectivity index (χ4v) is 2.98. The first kappa shape index (κ1) is 15.5. The Morgan fingerprint density at radius 2 is 1.44 bits per heavy atom. The van der Waals surface area contributed by atoms with Crippen molar-refractivity contribution in [2.75, 3.05) is 0 Å². The van der Waals surface area contributed by atoms with Crippen LogP contribution in [0.2, 0.25) is 0 Å². The maximum Gasteiger partial charge on any atom is 0.187 e. The Labute approximate surface area is 150 Å². The van der Waals surface area contributed by atoms with Gasteiger partial charge in [0.1, 0.15) is 0 Å². The topological polar surface area (TPSA) is 43.6 Å². The molecule has 25 heavy (non-hydrogen) atoms. The fourth-order valence-electron chi connectivity index (χ4n) is 2.80. The first-order chi connectivity index (χ1) is 12.4. The number of halogens is 1. The van der Waals surface area contributed by atoms with Crippen molar-refractivity contribution in [3.63, 3.8) is 0 Å². The lowest BCUT2D eigenvalue weighted by Gasteiger charge is -2.10. The van der Waals surface area contributed by atoms with Crippen molar-refractivity contribution in [3.05, 3.63) is 84.4 Å². The molecule has 0 aliphatic heterocycles. The van der Waals surface area contributed by atoms with Crippen LogP contribution in [0.15, 0.2) is 78.9 Å². The number of hydrogen-bond acceptors (Lipinski definition) is 3. The molecule has 0 atom stereocenters. The molecule has 4 rings (SSSR count). The molecule has 0 saturated heterocycles. The van der Waals surface area contributed by atoms with E-state index in [0.717, 1.165) is 27.9 Å². The second kappa shape index (κ2) is 6.87. The van der Waals surface area contributed by atoms with Crippen LogP contribution >= 0.6 is 11.6 Å². The van der Waals surface area contributed by atoms with Crippen molar-refractivity contribution in [2.24, 2.45) is 0 Å². The van der Waals surface area contributed by atoms with Gasteiger partial charge in [-0.1, -0.05) is 66.7 Å². The smallest absolute Gasteiger partial charge is 0.187 e. The van der Waals surface area contributed by atoms with Crippen LogP contribution in [0.3, 0.4) is 0 Å². The zero-order valence-electron chi connectivity index (χ0n) is 13.4. The molecule has 122 valence electrons. The highest BCUT2D eigenvalue weighted by Gasteiger charge is 2.15. The number of rotatable bonds is 4. The summed E-state index contributed by atoms with van der Waals surface area (Å²) in [5.74, 6) is 1.22. The second-order valence-electron chi connectivity index (χ2n) is 5.63. The maximum absolute atomic E-state index is 5.90. The molecule has 4 aromatic rings. The van der Waals surface area contributed by atoms with Crippen molar-refractivity contribution in [3.8, 4) is 28.2 Å². The number of alkyl halides is 1. The van der Waals surface area contributed by atoms with Gasteiger partial charge < -0.3 is 0 Å². The first-order valence-corrected chi connectivity index (χ1v) is 8.49. The molecule has 0 saturated carbocycles. The third-order valence-corrected chi connectivity index (χ3v) is 4.37. The Morgan fingerprint density at radius 1 is 0.760 bits per heavy atom. The molecule has 0 aliphatic rings. The molecule has 0 amide bonds. The van der Waals surface area contributed by atoms with E-state index in [9.17, 15) is 0 Å². The zero-order valence-corrected chi connectivity index (χ0v) is 14.1. The number of benzene rings is 3. The predicted molar refractivity (Wildman–Crippen MR) is 99.6 cm³/mol. The van der Waals surface area contributed by atoms with Crippen LogP contribution in [-0.4, -0.2) is 20.2 Å². The van der Waals surface area contributed by atoms with Crippen LogP contribution in [0, 0.1) is 0 Å². The third-order valence-electron chi connectivity index (χ3n) is 4.06. The Balaban J connectivity index is 1.84. The SMILES string of the molecule is ClCc1ccc(-c2ccccc2-c2nnnn2-c2ccccc2)cc1. The summed E-state index contributed by atoms with van der Waals surface area (Å²) in [7, 11) is 0. The second-order valence-corrected chi connectivity index (χ2v) is 5.89. The van der Waals surface area contributed by atoms with Gasteiger partial charge in [0.2, 0.25) is 0 Å². The van der Waals surface area contributed by atoms with Crippen LogP contribution in [0.1, 0.15) is 5.56 Å². The van der Waals surface area contributed by atoms with Crippen molar-refractivity contribution < 1.29 is 0 Å². The standard InChI is InChI=1S/C20H15ClN4/c21-14-15-10-12-16(13-11-15)18-8-4-5-9-19(18)20-22-23-24-25(20)17-6-2-1-3-7-17/h1-13H,14H2. The molecule has 0 radical (unpaired) electrons. The highest BCUT2D eigenvalue weighted by atomic mass is 35.5. The summed E-state index contributed by atoms with van der Waals surface area (Å²) in [4.78, 5) is 0. The minimum Gasteiger partial charge on any atom is -0.193 e. The van der Waals surface area contributed by atoms with Gasteiger partial charge in [-0.3, -0.25) is 0 Å². The Kier molecular flexibility index (Phi) is 4.27. The van der Waals surface area contributed by atoms with Gasteiger partial charge in [-0.25, -0.2) is 0 Å². The van der Waals surface area contributed by atoms with Crippen molar-refractivity contribution in [1.82, 2.24) is 20.2 Å². The molecule has 3 aromatic carbocycles. The number of nitrogens with zero attached hydrogens (tertiary/aromatic N) is 4. The van der Waals surface area contributed by atoms with Crippen LogP contribution in [0.5, 0.6) is 0 Å². The average Bonchev–Trinajstić information content (AvgIpc) is 3.18. The molecule has 0 bridgehead atoms. The molecule has 5 heteroatoms. The summed E-state index contributed by atoms with van der Waals surface area (Å²) < 4.78 is 1.76. The summed E-state index contributed by atoms with van der Waals surface area (Å²) in [6, 6.07) is 26.2. The van der Waals surface area contributed by atoms with E-state index in [4.69, 9.17) is 11.6 Å². The van der Waals surface area contributed by atoms with Crippen LogP contribution in [0.25, 0.3) is 28.2 Å². The molecule has 1 heterocycles. The largest absolute Gasteiger partial charge is 0.193 e. The van der Waals surface area contributed by atoms with Gasteiger partial charge in [0.25, 0.3) is 0 Å². The summed E-state index contributed by atoms with van der Waals surface area (Å²) in [6.45, 7) is 0. The summed E-state index contributed by atoms with van der Waals surface area (Å²) >= 11 is 5.90. The van der Waals surface area contributed by atoms with E-state index in [1.165, 1.54) is 0 Å². The van der Waals surface area contributed by atoms with E-state index < -0.39 is 0 Å². The molecule has 0 spiro atoms. The van der Waals surface area contributed by atoms with Gasteiger partial charge in [-0.2, -0.15) is 4.68 Å². The van der Waals surface area contributed by atoms with E-state index in [1.54, 1.807) is 4.68 Å². The van der Waals surface area contributed by atoms with Gasteiger partial charge in [-0.15, -0.1) is 16.7 Å². The summed E-state index contributed by atoms with van der Waals surface area (Å²) in [5.41, 5.74) is 5.18. The van der Waals surface area contributed by atoms with Crippen LogP contribution in [-0.2, 0) is 5.88 Å². The Bertz CT molecular complexity index is 978. The predicted octanol–water partition coefficient (Wildman–Crippen LogP) is 4.74. The summed E-state index contributed by atoms with van der Waals surface area (Å²) in [5, 5.41) is 12.3. The minimum atomic E-state index is 0.508. The van der Waals surface area contributed by atoms with E-state index in [2.05, 4.69) is 33.7 Å². The molecule has 4 nitrogen and oxygen atoms in total. The molecular weight excluding hydrogens is 332 g/mol. The molecular formula is C20H15ClN4. The van der Waals surface area contributed by atoms with Gasteiger partial charge in [0, 0.05) is 11.4 Å². The summed E-state index contributed by atoms with van der Waals surface area (Å²) in [6.07, 6.45) is 0. The van der Waals surface area contributed by atoms with Crippen LogP contribution in [0.4, 0.5) is 0 Å². The van der Waals surface area contributed by atoms with E-state index in [1.807, 2.05) is 60.7 Å². The minimum absolute atomic E-state index is 0.508. The third kappa shape index (κ3) is 3.04. The quantitative estimate of drug-likeness (QED) is 0.501. The number of para-hydroxylation sites is 1. The van der Waals surface area contributed by atoms with Crippen molar-refractivity contribution in [1.29, 1.82) is 0 Å². The average molecular weight is 347 g/mol. The Morgan fingerprint density at radius 3 is 2.16 bits per heavy atom. The Hall–Kier alpha value is -2.98. The van der Waals surface area contributed by atoms with Gasteiger partial charge >= 0.3 is 0 Å². The van der Waals surface area contributed by atoms with Crippen LogP contribution < -0.4 is 0 Å². The molecule has 0 unspecified atom stereocenters. The van der Waals surface area contributed by atoms with E-state index >= 15 is 0 Å². The van der Waals surface area contributed by atoms with Gasteiger partial charge in [-0.05, 0) is 39.2 Å². The van der Waals surface area contributed by atoms with E-state index in [-0.39, 0.29) is 0 Å². The van der Waals surface area contributed by atoms with Gasteiger partial charge in [0.15, 0.2) is 5.82 Å². The lowest BCUT2D eigenvalue weighted by Crippen LogP contribution is -2.00. The lowest BCUT2D eigenvalue weighted by atomic mass is 9.98. The van der Waals surface area contributed by atoms with Gasteiger partial charge in [0.05, 0.1) is 5.69 Å². The zero-order chi connectivity index (χ0) is 17.1. The number of aromatic nitrogens is 4. The highest BCUT2D eigenvalue weighted by Crippen LogP contribution is 2.31. The molecule has 0 fully saturated rings. The highest BCUT2D eigenvalue weighted by molar-refractivity contribution is 6.17. The fraction of sp³-hybridized carbons (Fsp3) is 0.0500. The molecule has 0 aliphatic carbocycles. The van der Waals surface area contributed by atoms with Crippen molar-refractivity contribution >= 4 is 11.6 Å². The normalized spacial score (nSPS) is 10.8. The lowest BCUT2D eigenvalue weighted by molar-refractivity contribution is 0.791. The molecule has 0 N–H and O–H groups in total. The first-order valence-electron chi connectivity index (χ1n) is 7.95. The number of tetrazole rings is 1. The maximum atomic E-state index is 5.90. The molecule has 1 aromatic heterocycles. The monoisotopic (exact) mass is 346 g/mol. The van der Waals surface area contributed by atoms with Crippen molar-refractivity contribution in [2.45, 2.75) is 5.88 Å². The number of hydrogen-bond donors (Lipinski definition) is 0. The van der Waals surface area contributed by atoms with E-state index in [0.29, 0.717) is 11.7 Å².